The monoisotopic (exact) mass is 245 g/mol. The van der Waals surface area contributed by atoms with Crippen molar-refractivity contribution in [3.05, 3.63) is 0 Å². The second-order valence-corrected chi connectivity index (χ2v) is 3.92. The highest BCUT2D eigenvalue weighted by Crippen LogP contribution is 2.05. The van der Waals surface area contributed by atoms with Crippen LogP contribution in [0.5, 0.6) is 0 Å². The predicted molar refractivity (Wildman–Crippen MR) is 64.4 cm³/mol. The third kappa shape index (κ3) is 11.2. The number of aliphatic hydroxyl groups excluding tert-OH is 1. The van der Waals surface area contributed by atoms with Crippen LogP contribution in [-0.2, 0) is 14.3 Å². The smallest absolute Gasteiger partial charge is 0.305 e. The molecule has 100 valence electrons. The minimum atomic E-state index is -0.152. The average molecular weight is 245 g/mol. The van der Waals surface area contributed by atoms with Gasteiger partial charge in [0.1, 0.15) is 0 Å². The number of rotatable bonds is 10. The molecule has 0 radical (unpaired) electrons. The molecule has 5 nitrogen and oxygen atoms in total. The number of hydrogen-bond donors (Lipinski definition) is 2. The topological polar surface area (TPSA) is 75.6 Å². The van der Waals surface area contributed by atoms with Crippen molar-refractivity contribution in [3.8, 4) is 0 Å². The molecule has 0 bridgehead atoms. The SMILES string of the molecule is COC(=O)CCCCCCCNC(=O)CCO. The fraction of sp³-hybridized carbons (Fsp3) is 0.833. The van der Waals surface area contributed by atoms with Crippen LogP contribution in [0.25, 0.3) is 0 Å². The molecular formula is C12H23NO4. The highest BCUT2D eigenvalue weighted by atomic mass is 16.5. The van der Waals surface area contributed by atoms with Gasteiger partial charge in [0.25, 0.3) is 0 Å². The lowest BCUT2D eigenvalue weighted by Gasteiger charge is -2.04. The molecule has 0 aliphatic heterocycles. The number of aliphatic hydroxyl groups is 1. The van der Waals surface area contributed by atoms with E-state index in [1.165, 1.54) is 7.11 Å². The first-order valence-electron chi connectivity index (χ1n) is 6.15. The van der Waals surface area contributed by atoms with Crippen LogP contribution in [0.3, 0.4) is 0 Å². The molecule has 17 heavy (non-hydrogen) atoms. The average Bonchev–Trinajstić information content (AvgIpc) is 2.32. The normalized spacial score (nSPS) is 10.0. The summed E-state index contributed by atoms with van der Waals surface area (Å²) in [5.41, 5.74) is 0. The number of unbranched alkanes of at least 4 members (excludes halogenated alkanes) is 4. The van der Waals surface area contributed by atoms with Crippen molar-refractivity contribution in [3.63, 3.8) is 0 Å². The fourth-order valence-electron chi connectivity index (χ4n) is 1.44. The van der Waals surface area contributed by atoms with Crippen molar-refractivity contribution < 1.29 is 19.4 Å². The van der Waals surface area contributed by atoms with Crippen LogP contribution in [0.4, 0.5) is 0 Å². The summed E-state index contributed by atoms with van der Waals surface area (Å²) in [5, 5.41) is 11.2. The van der Waals surface area contributed by atoms with E-state index in [0.717, 1.165) is 32.1 Å². The van der Waals surface area contributed by atoms with Crippen molar-refractivity contribution in [1.29, 1.82) is 0 Å². The van der Waals surface area contributed by atoms with Gasteiger partial charge < -0.3 is 15.2 Å². The van der Waals surface area contributed by atoms with E-state index in [-0.39, 0.29) is 24.9 Å². The quantitative estimate of drug-likeness (QED) is 0.445. The van der Waals surface area contributed by atoms with Gasteiger partial charge in [0.2, 0.25) is 5.91 Å². The molecule has 0 fully saturated rings. The zero-order valence-corrected chi connectivity index (χ0v) is 10.5. The van der Waals surface area contributed by atoms with Gasteiger partial charge in [-0.25, -0.2) is 0 Å². The Kier molecular flexibility index (Phi) is 10.7. The van der Waals surface area contributed by atoms with E-state index in [1.807, 2.05) is 0 Å². The molecule has 0 atom stereocenters. The van der Waals surface area contributed by atoms with Gasteiger partial charge in [-0.15, -0.1) is 0 Å². The molecule has 2 N–H and O–H groups in total. The van der Waals surface area contributed by atoms with E-state index in [0.29, 0.717) is 13.0 Å². The number of methoxy groups -OCH3 is 1. The van der Waals surface area contributed by atoms with Gasteiger partial charge in [-0.05, 0) is 12.8 Å². The number of carbonyl (C=O) groups excluding carboxylic acids is 2. The number of amides is 1. The first kappa shape index (κ1) is 15.9. The molecule has 5 heteroatoms. The Morgan fingerprint density at radius 3 is 2.35 bits per heavy atom. The largest absolute Gasteiger partial charge is 0.469 e. The third-order valence-corrected chi connectivity index (χ3v) is 2.45. The molecule has 0 spiro atoms. The number of carbonyl (C=O) groups is 2. The number of nitrogens with one attached hydrogen (secondary N) is 1. The van der Waals surface area contributed by atoms with Crippen LogP contribution in [0, 0.1) is 0 Å². The van der Waals surface area contributed by atoms with Gasteiger partial charge in [-0.2, -0.15) is 0 Å². The molecule has 0 aromatic heterocycles. The summed E-state index contributed by atoms with van der Waals surface area (Å²) in [6.07, 6.45) is 5.59. The molecular weight excluding hydrogens is 222 g/mol. The lowest BCUT2D eigenvalue weighted by atomic mass is 10.1. The van der Waals surface area contributed by atoms with Crippen LogP contribution in [0.15, 0.2) is 0 Å². The zero-order valence-electron chi connectivity index (χ0n) is 10.5. The Balaban J connectivity index is 3.13. The standard InChI is InChI=1S/C12H23NO4/c1-17-12(16)7-5-3-2-4-6-9-13-11(15)8-10-14/h14H,2-10H2,1H3,(H,13,15). The van der Waals surface area contributed by atoms with Gasteiger partial charge in [0, 0.05) is 19.4 Å². The Morgan fingerprint density at radius 2 is 1.71 bits per heavy atom. The summed E-state index contributed by atoms with van der Waals surface area (Å²) in [6.45, 7) is 0.565. The maximum Gasteiger partial charge on any atom is 0.305 e. The Morgan fingerprint density at radius 1 is 1.06 bits per heavy atom. The Labute approximate surface area is 103 Å². The maximum absolute atomic E-state index is 11.0. The number of esters is 1. The van der Waals surface area contributed by atoms with Crippen molar-refractivity contribution >= 4 is 11.9 Å². The molecule has 0 unspecified atom stereocenters. The predicted octanol–water partition coefficient (Wildman–Crippen LogP) is 0.999. The highest BCUT2D eigenvalue weighted by molar-refractivity contribution is 5.75. The molecule has 0 aliphatic carbocycles. The second kappa shape index (κ2) is 11.4. The van der Waals surface area contributed by atoms with E-state index in [2.05, 4.69) is 10.1 Å². The van der Waals surface area contributed by atoms with E-state index < -0.39 is 0 Å². The minimum absolute atomic E-state index is 0.0979. The maximum atomic E-state index is 11.0. The lowest BCUT2D eigenvalue weighted by Crippen LogP contribution is -2.24. The van der Waals surface area contributed by atoms with Gasteiger partial charge in [0.05, 0.1) is 13.7 Å². The van der Waals surface area contributed by atoms with E-state index in [1.54, 1.807) is 0 Å². The van der Waals surface area contributed by atoms with Crippen LogP contribution in [-0.4, -0.2) is 37.2 Å². The van der Waals surface area contributed by atoms with Crippen molar-refractivity contribution in [2.75, 3.05) is 20.3 Å². The van der Waals surface area contributed by atoms with Gasteiger partial charge in [0.15, 0.2) is 0 Å². The van der Waals surface area contributed by atoms with E-state index in [4.69, 9.17) is 5.11 Å². The minimum Gasteiger partial charge on any atom is -0.469 e. The fourth-order valence-corrected chi connectivity index (χ4v) is 1.44. The first-order chi connectivity index (χ1) is 8.20. The van der Waals surface area contributed by atoms with Crippen LogP contribution in [0.2, 0.25) is 0 Å². The van der Waals surface area contributed by atoms with Crippen LogP contribution in [0.1, 0.15) is 44.9 Å². The zero-order chi connectivity index (χ0) is 12.9. The van der Waals surface area contributed by atoms with Crippen molar-refractivity contribution in [2.24, 2.45) is 0 Å². The third-order valence-electron chi connectivity index (χ3n) is 2.45. The molecule has 0 aliphatic rings. The van der Waals surface area contributed by atoms with Crippen LogP contribution >= 0.6 is 0 Å². The van der Waals surface area contributed by atoms with Crippen molar-refractivity contribution in [2.45, 2.75) is 44.9 Å². The second-order valence-electron chi connectivity index (χ2n) is 3.92. The summed E-state index contributed by atoms with van der Waals surface area (Å²) in [5.74, 6) is -0.251. The Bertz CT molecular complexity index is 219. The summed E-state index contributed by atoms with van der Waals surface area (Å²) >= 11 is 0. The summed E-state index contributed by atoms with van der Waals surface area (Å²) in [7, 11) is 1.40. The molecule has 0 heterocycles. The summed E-state index contributed by atoms with van der Waals surface area (Å²) in [4.78, 5) is 21.8. The number of hydrogen-bond acceptors (Lipinski definition) is 4. The molecule has 1 amide bonds. The van der Waals surface area contributed by atoms with Gasteiger partial charge in [-0.3, -0.25) is 9.59 Å². The van der Waals surface area contributed by atoms with Crippen LogP contribution < -0.4 is 5.32 Å². The van der Waals surface area contributed by atoms with Gasteiger partial charge >= 0.3 is 5.97 Å². The van der Waals surface area contributed by atoms with E-state index in [9.17, 15) is 9.59 Å². The summed E-state index contributed by atoms with van der Waals surface area (Å²) in [6, 6.07) is 0. The molecule has 0 rings (SSSR count). The molecule has 0 saturated heterocycles. The highest BCUT2D eigenvalue weighted by Gasteiger charge is 2.00. The van der Waals surface area contributed by atoms with E-state index >= 15 is 0 Å². The first-order valence-corrected chi connectivity index (χ1v) is 6.15. The lowest BCUT2D eigenvalue weighted by molar-refractivity contribution is -0.140. The molecule has 0 aromatic rings. The van der Waals surface area contributed by atoms with Crippen molar-refractivity contribution in [1.82, 2.24) is 5.32 Å². The molecule has 0 aromatic carbocycles. The number of ether oxygens (including phenoxy) is 1. The molecule has 0 saturated carbocycles. The Hall–Kier alpha value is -1.10. The summed E-state index contributed by atoms with van der Waals surface area (Å²) < 4.78 is 4.54. The van der Waals surface area contributed by atoms with Gasteiger partial charge in [-0.1, -0.05) is 19.3 Å².